The van der Waals surface area contributed by atoms with Crippen molar-refractivity contribution < 1.29 is 4.79 Å². The number of hydrogen-bond acceptors (Lipinski definition) is 5. The second kappa shape index (κ2) is 8.24. The van der Waals surface area contributed by atoms with Gasteiger partial charge in [0.05, 0.1) is 0 Å². The second-order valence-corrected chi connectivity index (χ2v) is 5.66. The van der Waals surface area contributed by atoms with Gasteiger partial charge in [0.25, 0.3) is 5.91 Å². The summed E-state index contributed by atoms with van der Waals surface area (Å²) in [5, 5.41) is 6.72. The molecule has 1 amide bonds. The van der Waals surface area contributed by atoms with Gasteiger partial charge in [-0.2, -0.15) is 0 Å². The van der Waals surface area contributed by atoms with Crippen LogP contribution in [-0.4, -0.2) is 41.3 Å². The molecule has 1 aromatic rings. The molecule has 2 rings (SSSR count). The average Bonchev–Trinajstić information content (AvgIpc) is 2.88. The van der Waals surface area contributed by atoms with Crippen molar-refractivity contribution in [2.75, 3.05) is 19.3 Å². The molecule has 2 N–H and O–H groups in total. The highest BCUT2D eigenvalue weighted by Crippen LogP contribution is 2.24. The van der Waals surface area contributed by atoms with Crippen LogP contribution >= 0.6 is 47.4 Å². The number of rotatable bonds is 4. The van der Waals surface area contributed by atoms with Gasteiger partial charge in [0.2, 0.25) is 0 Å². The Bertz CT molecular complexity index is 460. The summed E-state index contributed by atoms with van der Waals surface area (Å²) < 4.78 is 0. The maximum absolute atomic E-state index is 12.0. The molecule has 0 bridgehead atoms. The molecule has 0 saturated carbocycles. The second-order valence-electron chi connectivity index (χ2n) is 4.17. The van der Waals surface area contributed by atoms with Crippen LogP contribution in [0.3, 0.4) is 0 Å². The molecule has 1 unspecified atom stereocenters. The molecule has 1 aromatic heterocycles. The zero-order valence-corrected chi connectivity index (χ0v) is 13.9. The first kappa shape index (κ1) is 17.8. The Morgan fingerprint density at radius 1 is 1.45 bits per heavy atom. The Morgan fingerprint density at radius 3 is 2.60 bits per heavy atom. The summed E-state index contributed by atoms with van der Waals surface area (Å²) >= 11 is 13.3. The van der Waals surface area contributed by atoms with Crippen LogP contribution in [0.15, 0.2) is 5.16 Å². The standard InChI is InChI=1S/C11H14Cl2N4OS.ClH/c1-19-11-16-8(12)7(9(13)17-11)10(18)15-5-6-3-2-4-14-6;/h6,14H,2-5H2,1H3,(H,15,18);1H. The first-order valence-electron chi connectivity index (χ1n) is 5.90. The van der Waals surface area contributed by atoms with Crippen LogP contribution in [-0.2, 0) is 0 Å². The molecule has 20 heavy (non-hydrogen) atoms. The highest BCUT2D eigenvalue weighted by Gasteiger charge is 2.20. The van der Waals surface area contributed by atoms with Crippen LogP contribution in [0.1, 0.15) is 23.2 Å². The van der Waals surface area contributed by atoms with Crippen molar-refractivity contribution in [3.8, 4) is 0 Å². The molecule has 0 radical (unpaired) electrons. The van der Waals surface area contributed by atoms with Crippen molar-refractivity contribution in [1.82, 2.24) is 20.6 Å². The number of carbonyl (C=O) groups excluding carboxylic acids is 1. The topological polar surface area (TPSA) is 66.9 Å². The van der Waals surface area contributed by atoms with Gasteiger partial charge in [-0.3, -0.25) is 4.79 Å². The molecule has 1 saturated heterocycles. The molecule has 0 spiro atoms. The maximum atomic E-state index is 12.0. The van der Waals surface area contributed by atoms with Crippen LogP contribution in [0.2, 0.25) is 10.3 Å². The predicted molar refractivity (Wildman–Crippen MR) is 84.4 cm³/mol. The van der Waals surface area contributed by atoms with Gasteiger partial charge in [-0.25, -0.2) is 9.97 Å². The van der Waals surface area contributed by atoms with Crippen molar-refractivity contribution in [2.24, 2.45) is 0 Å². The lowest BCUT2D eigenvalue weighted by Crippen LogP contribution is -2.37. The number of aromatic nitrogens is 2. The van der Waals surface area contributed by atoms with Gasteiger partial charge < -0.3 is 10.6 Å². The Hall–Kier alpha value is -0.270. The van der Waals surface area contributed by atoms with Crippen LogP contribution in [0.4, 0.5) is 0 Å². The fraction of sp³-hybridized carbons (Fsp3) is 0.545. The minimum Gasteiger partial charge on any atom is -0.350 e. The van der Waals surface area contributed by atoms with E-state index in [1.807, 2.05) is 6.26 Å². The fourth-order valence-electron chi connectivity index (χ4n) is 1.90. The summed E-state index contributed by atoms with van der Waals surface area (Å²) in [6.07, 6.45) is 4.00. The number of carbonyl (C=O) groups is 1. The molecule has 1 atom stereocenters. The van der Waals surface area contributed by atoms with Gasteiger partial charge in [0, 0.05) is 12.6 Å². The van der Waals surface area contributed by atoms with Crippen LogP contribution in [0, 0.1) is 0 Å². The van der Waals surface area contributed by atoms with E-state index < -0.39 is 0 Å². The summed E-state index contributed by atoms with van der Waals surface area (Å²) in [6, 6.07) is 0.313. The van der Waals surface area contributed by atoms with Gasteiger partial charge in [-0.05, 0) is 25.6 Å². The van der Waals surface area contributed by atoms with Gasteiger partial charge in [-0.15, -0.1) is 12.4 Å². The van der Waals surface area contributed by atoms with Crippen LogP contribution in [0.5, 0.6) is 0 Å². The molecule has 112 valence electrons. The van der Waals surface area contributed by atoms with Crippen LogP contribution < -0.4 is 10.6 Å². The molecular weight excluding hydrogens is 343 g/mol. The fourth-order valence-corrected chi connectivity index (χ4v) is 2.93. The van der Waals surface area contributed by atoms with Crippen LogP contribution in [0.25, 0.3) is 0 Å². The first-order valence-corrected chi connectivity index (χ1v) is 7.88. The molecule has 1 aliphatic rings. The number of thioether (sulfide) groups is 1. The molecule has 1 aliphatic heterocycles. The third-order valence-electron chi connectivity index (χ3n) is 2.88. The summed E-state index contributed by atoms with van der Waals surface area (Å²) in [5.74, 6) is -0.337. The molecule has 0 aromatic carbocycles. The minimum atomic E-state index is -0.337. The van der Waals surface area contributed by atoms with E-state index in [0.717, 1.165) is 19.4 Å². The van der Waals surface area contributed by atoms with E-state index in [4.69, 9.17) is 23.2 Å². The molecule has 5 nitrogen and oxygen atoms in total. The number of hydrogen-bond donors (Lipinski definition) is 2. The van der Waals surface area contributed by atoms with E-state index in [0.29, 0.717) is 17.7 Å². The SMILES string of the molecule is CSc1nc(Cl)c(C(=O)NCC2CCCN2)c(Cl)n1.Cl. The number of halogens is 3. The first-order chi connectivity index (χ1) is 9.11. The normalized spacial score (nSPS) is 17.6. The maximum Gasteiger partial charge on any atom is 0.257 e. The summed E-state index contributed by atoms with van der Waals surface area (Å²) in [4.78, 5) is 20.1. The lowest BCUT2D eigenvalue weighted by atomic mass is 10.2. The quantitative estimate of drug-likeness (QED) is 0.492. The molecule has 2 heterocycles. The zero-order chi connectivity index (χ0) is 13.8. The average molecular weight is 358 g/mol. The molecule has 0 aliphatic carbocycles. The van der Waals surface area contributed by atoms with E-state index in [9.17, 15) is 4.79 Å². The lowest BCUT2D eigenvalue weighted by Gasteiger charge is -2.12. The third-order valence-corrected chi connectivity index (χ3v) is 3.98. The predicted octanol–water partition coefficient (Wildman–Crippen LogP) is 2.41. The van der Waals surface area contributed by atoms with Crippen molar-refractivity contribution in [1.29, 1.82) is 0 Å². The minimum absolute atomic E-state index is 0. The van der Waals surface area contributed by atoms with Gasteiger partial charge in [-0.1, -0.05) is 35.0 Å². The van der Waals surface area contributed by atoms with E-state index in [1.54, 1.807) is 0 Å². The summed E-state index contributed by atoms with van der Waals surface area (Å²) in [6.45, 7) is 1.54. The van der Waals surface area contributed by atoms with Crippen molar-refractivity contribution in [3.05, 3.63) is 15.9 Å². The van der Waals surface area contributed by atoms with Crippen molar-refractivity contribution in [3.63, 3.8) is 0 Å². The lowest BCUT2D eigenvalue weighted by molar-refractivity contribution is 0.0949. The Morgan fingerprint density at radius 2 is 2.10 bits per heavy atom. The highest BCUT2D eigenvalue weighted by atomic mass is 35.5. The zero-order valence-electron chi connectivity index (χ0n) is 10.8. The van der Waals surface area contributed by atoms with Gasteiger partial charge in [0.1, 0.15) is 15.9 Å². The largest absolute Gasteiger partial charge is 0.350 e. The summed E-state index contributed by atoms with van der Waals surface area (Å²) in [7, 11) is 0. The molecular formula is C11H15Cl3N4OS. The monoisotopic (exact) mass is 356 g/mol. The Balaban J connectivity index is 0.00000200. The number of nitrogens with one attached hydrogen (secondary N) is 2. The summed E-state index contributed by atoms with van der Waals surface area (Å²) in [5.41, 5.74) is 0.138. The van der Waals surface area contributed by atoms with Gasteiger partial charge >= 0.3 is 0 Å². The smallest absolute Gasteiger partial charge is 0.257 e. The third kappa shape index (κ3) is 4.36. The Labute approximate surface area is 138 Å². The molecule has 1 fully saturated rings. The van der Waals surface area contributed by atoms with Gasteiger partial charge in [0.15, 0.2) is 5.16 Å². The number of amides is 1. The Kier molecular flexibility index (Phi) is 7.33. The molecule has 9 heteroatoms. The highest BCUT2D eigenvalue weighted by molar-refractivity contribution is 7.98. The van der Waals surface area contributed by atoms with E-state index in [2.05, 4.69) is 20.6 Å². The van der Waals surface area contributed by atoms with E-state index >= 15 is 0 Å². The van der Waals surface area contributed by atoms with Crippen molar-refractivity contribution in [2.45, 2.75) is 24.0 Å². The van der Waals surface area contributed by atoms with E-state index in [-0.39, 0.29) is 34.2 Å². The number of nitrogens with zero attached hydrogens (tertiary/aromatic N) is 2. The van der Waals surface area contributed by atoms with E-state index in [1.165, 1.54) is 11.8 Å². The van der Waals surface area contributed by atoms with Crippen molar-refractivity contribution >= 4 is 53.3 Å².